The highest BCUT2D eigenvalue weighted by atomic mass is 127. The predicted octanol–water partition coefficient (Wildman–Crippen LogP) is 3.09. The molecule has 2 nitrogen and oxygen atoms in total. The van der Waals surface area contributed by atoms with Crippen LogP contribution >= 0.6 is 22.6 Å². The van der Waals surface area contributed by atoms with E-state index in [1.807, 2.05) is 26.0 Å². The molecule has 1 aromatic carbocycles. The largest absolute Gasteiger partial charge is 0.505 e. The predicted molar refractivity (Wildman–Crippen MR) is 62.2 cm³/mol. The number of phenols is 1. The van der Waals surface area contributed by atoms with Crippen LogP contribution in [0.25, 0.3) is 10.9 Å². The Balaban J connectivity index is 2.94. The van der Waals surface area contributed by atoms with Gasteiger partial charge in [0.25, 0.3) is 0 Å². The molecule has 0 atom stereocenters. The van der Waals surface area contributed by atoms with E-state index < -0.39 is 0 Å². The van der Waals surface area contributed by atoms with Gasteiger partial charge >= 0.3 is 0 Å². The van der Waals surface area contributed by atoms with Gasteiger partial charge in [-0.3, -0.25) is 0 Å². The number of rotatable bonds is 0. The van der Waals surface area contributed by atoms with E-state index in [9.17, 15) is 5.11 Å². The minimum Gasteiger partial charge on any atom is -0.505 e. The van der Waals surface area contributed by atoms with Gasteiger partial charge in [0.2, 0.25) is 0 Å². The van der Waals surface area contributed by atoms with Crippen molar-refractivity contribution in [2.24, 2.45) is 0 Å². The van der Waals surface area contributed by atoms with Crippen LogP contribution in [0.15, 0.2) is 12.1 Å². The van der Waals surface area contributed by atoms with Gasteiger partial charge in [-0.1, -0.05) is 12.1 Å². The molecule has 68 valence electrons. The summed E-state index contributed by atoms with van der Waals surface area (Å²) in [5.74, 6) is 0.364. The van der Waals surface area contributed by atoms with E-state index in [1.165, 1.54) is 3.57 Å². The lowest BCUT2D eigenvalue weighted by Crippen LogP contribution is -1.76. The van der Waals surface area contributed by atoms with Gasteiger partial charge in [-0.25, -0.2) is 0 Å². The molecule has 3 heteroatoms. The Labute approximate surface area is 90.1 Å². The monoisotopic (exact) mass is 287 g/mol. The van der Waals surface area contributed by atoms with Gasteiger partial charge < -0.3 is 10.1 Å². The quantitative estimate of drug-likeness (QED) is 0.718. The van der Waals surface area contributed by atoms with Crippen LogP contribution in [0.3, 0.4) is 0 Å². The second-order valence-corrected chi connectivity index (χ2v) is 4.30. The molecule has 0 fully saturated rings. The van der Waals surface area contributed by atoms with Crippen LogP contribution in [0.2, 0.25) is 0 Å². The third kappa shape index (κ3) is 1.22. The molecule has 2 aromatic rings. The highest BCUT2D eigenvalue weighted by Crippen LogP contribution is 2.31. The second-order valence-electron chi connectivity index (χ2n) is 3.22. The number of H-pyrrole nitrogens is 1. The zero-order valence-electron chi connectivity index (χ0n) is 7.48. The normalized spacial score (nSPS) is 11.0. The molecule has 13 heavy (non-hydrogen) atoms. The maximum atomic E-state index is 9.76. The highest BCUT2D eigenvalue weighted by Gasteiger charge is 2.09. The number of nitrogens with one attached hydrogen (secondary N) is 1. The molecular formula is C10H10INO. The molecule has 0 spiro atoms. The van der Waals surface area contributed by atoms with Crippen molar-refractivity contribution in [3.05, 3.63) is 27.0 Å². The number of hydrogen-bond donors (Lipinski definition) is 2. The van der Waals surface area contributed by atoms with Crippen molar-refractivity contribution in [2.45, 2.75) is 13.8 Å². The molecule has 0 saturated heterocycles. The van der Waals surface area contributed by atoms with E-state index in [0.717, 1.165) is 22.2 Å². The summed E-state index contributed by atoms with van der Waals surface area (Å²) in [4.78, 5) is 3.18. The third-order valence-electron chi connectivity index (χ3n) is 2.26. The molecule has 0 unspecified atom stereocenters. The first-order valence-electron chi connectivity index (χ1n) is 4.07. The van der Waals surface area contributed by atoms with Crippen LogP contribution in [0.5, 0.6) is 5.75 Å². The van der Waals surface area contributed by atoms with Crippen LogP contribution in [0.1, 0.15) is 11.3 Å². The van der Waals surface area contributed by atoms with Gasteiger partial charge in [0.15, 0.2) is 0 Å². The van der Waals surface area contributed by atoms with Crippen molar-refractivity contribution in [2.75, 3.05) is 0 Å². The van der Waals surface area contributed by atoms with E-state index in [1.54, 1.807) is 0 Å². The first-order valence-corrected chi connectivity index (χ1v) is 5.15. The number of benzene rings is 1. The van der Waals surface area contributed by atoms with Crippen molar-refractivity contribution < 1.29 is 5.11 Å². The first-order chi connectivity index (χ1) is 6.11. The number of aryl methyl sites for hydroxylation is 2. The number of aromatic amines is 1. The Hall–Kier alpha value is -0.710. The molecule has 0 bridgehead atoms. The number of phenolic OH excluding ortho intramolecular Hbond substituents is 1. The Morgan fingerprint density at radius 2 is 2.00 bits per heavy atom. The Kier molecular flexibility index (Phi) is 1.98. The summed E-state index contributed by atoms with van der Waals surface area (Å²) in [6.45, 7) is 3.91. The number of hydrogen-bond acceptors (Lipinski definition) is 1. The SMILES string of the molecule is Cc1ccc2c(I)c(C)[nH]c2c1O. The zero-order chi connectivity index (χ0) is 9.59. The van der Waals surface area contributed by atoms with Gasteiger partial charge in [-0.2, -0.15) is 0 Å². The maximum absolute atomic E-state index is 9.76. The van der Waals surface area contributed by atoms with Crippen LogP contribution in [-0.4, -0.2) is 10.1 Å². The summed E-state index contributed by atoms with van der Waals surface area (Å²) < 4.78 is 1.18. The fourth-order valence-corrected chi connectivity index (χ4v) is 2.03. The fourth-order valence-electron chi connectivity index (χ4n) is 1.45. The van der Waals surface area contributed by atoms with Crippen molar-refractivity contribution >= 4 is 33.5 Å². The topological polar surface area (TPSA) is 36.0 Å². The molecule has 0 aliphatic rings. The average molecular weight is 287 g/mol. The molecule has 1 aromatic heterocycles. The summed E-state index contributed by atoms with van der Waals surface area (Å²) >= 11 is 2.28. The summed E-state index contributed by atoms with van der Waals surface area (Å²) in [5.41, 5.74) is 2.86. The van der Waals surface area contributed by atoms with Crippen molar-refractivity contribution in [3.63, 3.8) is 0 Å². The third-order valence-corrected chi connectivity index (χ3v) is 3.65. The van der Waals surface area contributed by atoms with E-state index in [-0.39, 0.29) is 0 Å². The molecule has 0 aliphatic heterocycles. The van der Waals surface area contributed by atoms with E-state index in [0.29, 0.717) is 5.75 Å². The smallest absolute Gasteiger partial charge is 0.142 e. The molecule has 0 amide bonds. The molecule has 1 heterocycles. The standard InChI is InChI=1S/C10H10INO/c1-5-3-4-7-8(11)6(2)12-9(7)10(5)13/h3-4,12-13H,1-2H3. The zero-order valence-corrected chi connectivity index (χ0v) is 9.64. The molecule has 0 radical (unpaired) electrons. The van der Waals surface area contributed by atoms with Gasteiger partial charge in [-0.15, -0.1) is 0 Å². The number of fused-ring (bicyclic) bond motifs is 1. The van der Waals surface area contributed by atoms with Crippen LogP contribution in [-0.2, 0) is 0 Å². The minimum absolute atomic E-state index is 0.364. The maximum Gasteiger partial charge on any atom is 0.142 e. The Morgan fingerprint density at radius 3 is 2.69 bits per heavy atom. The number of aromatic hydroxyl groups is 1. The van der Waals surface area contributed by atoms with Crippen LogP contribution < -0.4 is 0 Å². The second kappa shape index (κ2) is 2.90. The lowest BCUT2D eigenvalue weighted by molar-refractivity contribution is 0.476. The van der Waals surface area contributed by atoms with Crippen molar-refractivity contribution in [3.8, 4) is 5.75 Å². The lowest BCUT2D eigenvalue weighted by Gasteiger charge is -1.98. The molecule has 2 rings (SSSR count). The van der Waals surface area contributed by atoms with Crippen LogP contribution in [0.4, 0.5) is 0 Å². The summed E-state index contributed by atoms with van der Waals surface area (Å²) in [5, 5.41) is 10.9. The Bertz CT molecular complexity index is 473. The summed E-state index contributed by atoms with van der Waals surface area (Å²) in [7, 11) is 0. The molecule has 0 saturated carbocycles. The minimum atomic E-state index is 0.364. The fraction of sp³-hybridized carbons (Fsp3) is 0.200. The number of halogens is 1. The lowest BCUT2D eigenvalue weighted by atomic mass is 10.1. The summed E-state index contributed by atoms with van der Waals surface area (Å²) in [6.07, 6.45) is 0. The van der Waals surface area contributed by atoms with Gasteiger partial charge in [0.1, 0.15) is 5.75 Å². The van der Waals surface area contributed by atoms with Gasteiger partial charge in [-0.05, 0) is 42.0 Å². The van der Waals surface area contributed by atoms with Gasteiger partial charge in [0, 0.05) is 14.7 Å². The van der Waals surface area contributed by atoms with Gasteiger partial charge in [0.05, 0.1) is 5.52 Å². The van der Waals surface area contributed by atoms with E-state index in [2.05, 4.69) is 27.6 Å². The Morgan fingerprint density at radius 1 is 1.31 bits per heavy atom. The average Bonchev–Trinajstić information content (AvgIpc) is 2.38. The number of aromatic nitrogens is 1. The van der Waals surface area contributed by atoms with Crippen molar-refractivity contribution in [1.82, 2.24) is 4.98 Å². The molecule has 0 aliphatic carbocycles. The van der Waals surface area contributed by atoms with Crippen molar-refractivity contribution in [1.29, 1.82) is 0 Å². The highest BCUT2D eigenvalue weighted by molar-refractivity contribution is 14.1. The molecular weight excluding hydrogens is 277 g/mol. The summed E-state index contributed by atoms with van der Waals surface area (Å²) in [6, 6.07) is 3.97. The van der Waals surface area contributed by atoms with E-state index in [4.69, 9.17) is 0 Å². The first kappa shape index (κ1) is 8.87. The van der Waals surface area contributed by atoms with E-state index >= 15 is 0 Å². The van der Waals surface area contributed by atoms with Crippen LogP contribution in [0, 0.1) is 17.4 Å². The molecule has 2 N–H and O–H groups in total.